The number of nitrogens with one attached hydrogen (secondary N) is 1. The fourth-order valence-electron chi connectivity index (χ4n) is 3.56. The average Bonchev–Trinajstić information content (AvgIpc) is 2.49. The van der Waals surface area contributed by atoms with Crippen LogP contribution in [0.2, 0.25) is 0 Å². The van der Waals surface area contributed by atoms with Gasteiger partial charge in [-0.05, 0) is 46.2 Å². The predicted molar refractivity (Wildman–Crippen MR) is 82.9 cm³/mol. The topological polar surface area (TPSA) is 52.7 Å². The lowest BCUT2D eigenvalue weighted by Crippen LogP contribution is -2.70. The first kappa shape index (κ1) is 16.3. The molecule has 21 heavy (non-hydrogen) atoms. The maximum atomic E-state index is 12.9. The summed E-state index contributed by atoms with van der Waals surface area (Å²) in [5.41, 5.74) is -0.698. The van der Waals surface area contributed by atoms with Crippen LogP contribution < -0.4 is 5.32 Å². The molecule has 0 radical (unpaired) electrons. The molecule has 0 saturated carbocycles. The summed E-state index contributed by atoms with van der Waals surface area (Å²) in [7, 11) is 2.12. The van der Waals surface area contributed by atoms with E-state index in [1.165, 1.54) is 12.8 Å². The molecule has 2 aliphatic heterocycles. The maximum absolute atomic E-state index is 12.9. The summed E-state index contributed by atoms with van der Waals surface area (Å²) in [5, 5.41) is 2.96. The number of rotatable bonds is 4. The Labute approximate surface area is 128 Å². The first-order valence-electron chi connectivity index (χ1n) is 8.28. The molecular formula is C16H29N3O2. The van der Waals surface area contributed by atoms with Crippen LogP contribution in [0.1, 0.15) is 52.9 Å². The molecule has 2 aliphatic rings. The second-order valence-electron chi connectivity index (χ2n) is 6.54. The Morgan fingerprint density at radius 2 is 1.90 bits per heavy atom. The van der Waals surface area contributed by atoms with Gasteiger partial charge in [0.05, 0.1) is 0 Å². The van der Waals surface area contributed by atoms with E-state index in [-0.39, 0.29) is 17.9 Å². The molecule has 5 nitrogen and oxygen atoms in total. The zero-order valence-electron chi connectivity index (χ0n) is 13.8. The zero-order chi connectivity index (χ0) is 15.6. The molecule has 0 spiro atoms. The Kier molecular flexibility index (Phi) is 4.91. The van der Waals surface area contributed by atoms with Gasteiger partial charge < -0.3 is 15.1 Å². The van der Waals surface area contributed by atoms with Gasteiger partial charge in [0.2, 0.25) is 11.8 Å². The number of amides is 2. The number of piperidine rings is 1. The monoisotopic (exact) mass is 295 g/mol. The van der Waals surface area contributed by atoms with Gasteiger partial charge in [0.25, 0.3) is 0 Å². The van der Waals surface area contributed by atoms with Gasteiger partial charge in [0.15, 0.2) is 0 Å². The Morgan fingerprint density at radius 3 is 2.48 bits per heavy atom. The van der Waals surface area contributed by atoms with Gasteiger partial charge in [-0.15, -0.1) is 0 Å². The normalized spacial score (nSPS) is 30.4. The molecule has 2 unspecified atom stereocenters. The smallest absolute Gasteiger partial charge is 0.249 e. The van der Waals surface area contributed by atoms with Crippen LogP contribution in [-0.4, -0.2) is 59.4 Å². The molecule has 0 aromatic heterocycles. The van der Waals surface area contributed by atoms with E-state index in [0.717, 1.165) is 13.0 Å². The summed E-state index contributed by atoms with van der Waals surface area (Å²) in [5.74, 6) is 0.0790. The first-order chi connectivity index (χ1) is 9.95. The molecule has 2 amide bonds. The quantitative estimate of drug-likeness (QED) is 0.852. The van der Waals surface area contributed by atoms with Crippen LogP contribution in [-0.2, 0) is 9.59 Å². The lowest BCUT2D eigenvalue weighted by atomic mass is 9.87. The van der Waals surface area contributed by atoms with Crippen molar-refractivity contribution in [1.82, 2.24) is 15.1 Å². The second kappa shape index (κ2) is 6.34. The Hall–Kier alpha value is -1.10. The zero-order valence-corrected chi connectivity index (χ0v) is 13.8. The molecule has 2 atom stereocenters. The van der Waals surface area contributed by atoms with Crippen LogP contribution in [0.5, 0.6) is 0 Å². The van der Waals surface area contributed by atoms with Crippen LogP contribution in [0.4, 0.5) is 0 Å². The second-order valence-corrected chi connectivity index (χ2v) is 6.54. The Balaban J connectivity index is 2.18. The summed E-state index contributed by atoms with van der Waals surface area (Å²) >= 11 is 0. The molecule has 1 N–H and O–H groups in total. The fraction of sp³-hybridized carbons (Fsp3) is 0.875. The molecule has 0 bridgehead atoms. The third-order valence-electron chi connectivity index (χ3n) is 5.42. The minimum atomic E-state index is -0.698. The standard InChI is InChI=1S/C16H29N3O2/c1-5-16(6-2)15(21)19(12(3)14(20)17-16)11-13-9-7-8-10-18(13)4/h12-13H,5-11H2,1-4H3,(H,17,20). The molecule has 120 valence electrons. The highest BCUT2D eigenvalue weighted by Crippen LogP contribution is 2.26. The molecule has 2 saturated heterocycles. The van der Waals surface area contributed by atoms with Gasteiger partial charge >= 0.3 is 0 Å². The summed E-state index contributed by atoms with van der Waals surface area (Å²) in [6.45, 7) is 7.54. The van der Waals surface area contributed by atoms with Gasteiger partial charge in [-0.2, -0.15) is 0 Å². The SMILES string of the molecule is CCC1(CC)NC(=O)C(C)N(CC2CCCCN2C)C1=O. The molecule has 2 rings (SSSR count). The lowest BCUT2D eigenvalue weighted by Gasteiger charge is -2.47. The lowest BCUT2D eigenvalue weighted by molar-refractivity contribution is -0.155. The van der Waals surface area contributed by atoms with Crippen molar-refractivity contribution in [3.63, 3.8) is 0 Å². The number of carbonyl (C=O) groups is 2. The van der Waals surface area contributed by atoms with Crippen molar-refractivity contribution in [3.8, 4) is 0 Å². The highest BCUT2D eigenvalue weighted by atomic mass is 16.2. The first-order valence-corrected chi connectivity index (χ1v) is 8.28. The summed E-state index contributed by atoms with van der Waals surface area (Å²) in [6.07, 6.45) is 4.85. The van der Waals surface area contributed by atoms with Crippen molar-refractivity contribution in [2.45, 2.75) is 70.5 Å². The minimum Gasteiger partial charge on any atom is -0.340 e. The third-order valence-corrected chi connectivity index (χ3v) is 5.42. The minimum absolute atomic E-state index is 0.0169. The molecule has 0 aliphatic carbocycles. The van der Waals surface area contributed by atoms with Crippen molar-refractivity contribution < 1.29 is 9.59 Å². The van der Waals surface area contributed by atoms with E-state index >= 15 is 0 Å². The molecule has 2 fully saturated rings. The molecule has 2 heterocycles. The number of hydrogen-bond acceptors (Lipinski definition) is 3. The average molecular weight is 295 g/mol. The van der Waals surface area contributed by atoms with Crippen molar-refractivity contribution >= 4 is 11.8 Å². The number of likely N-dealkylation sites (N-methyl/N-ethyl adjacent to an activating group) is 1. The third kappa shape index (κ3) is 2.93. The largest absolute Gasteiger partial charge is 0.340 e. The van der Waals surface area contributed by atoms with Gasteiger partial charge in [0, 0.05) is 12.6 Å². The van der Waals surface area contributed by atoms with Gasteiger partial charge in [-0.25, -0.2) is 0 Å². The van der Waals surface area contributed by atoms with Crippen molar-refractivity contribution in [3.05, 3.63) is 0 Å². The number of nitrogens with zero attached hydrogens (tertiary/aromatic N) is 2. The van der Waals surface area contributed by atoms with Crippen LogP contribution in [0.25, 0.3) is 0 Å². The van der Waals surface area contributed by atoms with Gasteiger partial charge in [-0.1, -0.05) is 20.3 Å². The van der Waals surface area contributed by atoms with Crippen molar-refractivity contribution in [2.75, 3.05) is 20.1 Å². The van der Waals surface area contributed by atoms with E-state index in [1.54, 1.807) is 0 Å². The maximum Gasteiger partial charge on any atom is 0.249 e. The van der Waals surface area contributed by atoms with Crippen LogP contribution in [0.3, 0.4) is 0 Å². The fourth-order valence-corrected chi connectivity index (χ4v) is 3.56. The van der Waals surface area contributed by atoms with E-state index < -0.39 is 5.54 Å². The number of piperazine rings is 1. The highest BCUT2D eigenvalue weighted by Gasteiger charge is 2.47. The van der Waals surface area contributed by atoms with E-state index in [4.69, 9.17) is 0 Å². The van der Waals surface area contributed by atoms with E-state index in [9.17, 15) is 9.59 Å². The van der Waals surface area contributed by atoms with Crippen LogP contribution in [0.15, 0.2) is 0 Å². The van der Waals surface area contributed by atoms with Crippen LogP contribution >= 0.6 is 0 Å². The Bertz CT molecular complexity index is 406. The predicted octanol–water partition coefficient (Wildman–Crippen LogP) is 1.38. The molecular weight excluding hydrogens is 266 g/mol. The van der Waals surface area contributed by atoms with Gasteiger partial charge in [0.1, 0.15) is 11.6 Å². The van der Waals surface area contributed by atoms with Crippen LogP contribution in [0, 0.1) is 0 Å². The molecule has 5 heteroatoms. The number of likely N-dealkylation sites (tertiary alicyclic amines) is 1. The Morgan fingerprint density at radius 1 is 1.24 bits per heavy atom. The summed E-state index contributed by atoms with van der Waals surface area (Å²) in [4.78, 5) is 29.4. The summed E-state index contributed by atoms with van der Waals surface area (Å²) < 4.78 is 0. The van der Waals surface area contributed by atoms with E-state index in [2.05, 4.69) is 17.3 Å². The highest BCUT2D eigenvalue weighted by molar-refractivity contribution is 5.99. The van der Waals surface area contributed by atoms with Crippen molar-refractivity contribution in [2.24, 2.45) is 0 Å². The number of hydrogen-bond donors (Lipinski definition) is 1. The molecule has 0 aromatic carbocycles. The number of carbonyl (C=O) groups excluding carboxylic acids is 2. The van der Waals surface area contributed by atoms with Gasteiger partial charge in [-0.3, -0.25) is 9.59 Å². The van der Waals surface area contributed by atoms with E-state index in [0.29, 0.717) is 25.4 Å². The molecule has 0 aromatic rings. The van der Waals surface area contributed by atoms with E-state index in [1.807, 2.05) is 25.7 Å². The summed E-state index contributed by atoms with van der Waals surface area (Å²) in [6, 6.07) is 0.0153. The van der Waals surface area contributed by atoms with Crippen molar-refractivity contribution in [1.29, 1.82) is 0 Å².